The number of carbonyl (C=O) groups is 1. The van der Waals surface area contributed by atoms with Crippen LogP contribution in [-0.4, -0.2) is 19.4 Å². The Hall–Kier alpha value is -2.01. The van der Waals surface area contributed by atoms with E-state index in [4.69, 9.17) is 10.5 Å². The molecule has 0 bridgehead atoms. The molecular formula is C16H20N2O2S. The Morgan fingerprint density at radius 3 is 2.62 bits per heavy atom. The van der Waals surface area contributed by atoms with E-state index in [1.165, 1.54) is 23.8 Å². The maximum Gasteiger partial charge on any atom is 0.176 e. The standard InChI is InChI=1S/C16H20N2O2S/c1-10(12-7-5-4-6-8-12)9-18-16-14(20-3)13(17)15(21-16)11(2)19/h4-8,10,18H,9,17H2,1-3H3. The predicted molar refractivity (Wildman–Crippen MR) is 88.6 cm³/mol. The predicted octanol–water partition coefficient (Wildman–Crippen LogP) is 3.76. The van der Waals surface area contributed by atoms with E-state index in [0.29, 0.717) is 22.2 Å². The first-order chi connectivity index (χ1) is 10.0. The molecule has 2 aromatic rings. The fourth-order valence-corrected chi connectivity index (χ4v) is 3.15. The molecule has 0 spiro atoms. The summed E-state index contributed by atoms with van der Waals surface area (Å²) in [6, 6.07) is 10.3. The van der Waals surface area contributed by atoms with Crippen molar-refractivity contribution in [2.45, 2.75) is 19.8 Å². The van der Waals surface area contributed by atoms with Crippen molar-refractivity contribution in [1.82, 2.24) is 0 Å². The fraction of sp³-hybridized carbons (Fsp3) is 0.312. The molecule has 3 N–H and O–H groups in total. The number of ether oxygens (including phenoxy) is 1. The van der Waals surface area contributed by atoms with Crippen LogP contribution in [0.15, 0.2) is 30.3 Å². The van der Waals surface area contributed by atoms with E-state index in [-0.39, 0.29) is 5.78 Å². The van der Waals surface area contributed by atoms with Gasteiger partial charge in [0.05, 0.1) is 17.7 Å². The second-order valence-corrected chi connectivity index (χ2v) is 5.98. The normalized spacial score (nSPS) is 12.0. The third kappa shape index (κ3) is 3.36. The van der Waals surface area contributed by atoms with Gasteiger partial charge in [-0.2, -0.15) is 0 Å². The lowest BCUT2D eigenvalue weighted by atomic mass is 10.0. The van der Waals surface area contributed by atoms with Crippen molar-refractivity contribution in [3.63, 3.8) is 0 Å². The van der Waals surface area contributed by atoms with Crippen molar-refractivity contribution in [2.75, 3.05) is 24.7 Å². The molecule has 0 radical (unpaired) electrons. The molecule has 112 valence electrons. The molecule has 1 unspecified atom stereocenters. The van der Waals surface area contributed by atoms with Crippen molar-refractivity contribution in [3.05, 3.63) is 40.8 Å². The average molecular weight is 304 g/mol. The van der Waals surface area contributed by atoms with Gasteiger partial charge in [-0.05, 0) is 11.5 Å². The van der Waals surface area contributed by atoms with Crippen LogP contribution in [-0.2, 0) is 0 Å². The van der Waals surface area contributed by atoms with Crippen LogP contribution in [0, 0.1) is 0 Å². The van der Waals surface area contributed by atoms with Gasteiger partial charge < -0.3 is 15.8 Å². The van der Waals surface area contributed by atoms with Crippen LogP contribution in [0.1, 0.15) is 35.0 Å². The molecule has 5 heteroatoms. The Kier molecular flexibility index (Phi) is 4.85. The summed E-state index contributed by atoms with van der Waals surface area (Å²) in [4.78, 5) is 12.1. The number of hydrogen-bond acceptors (Lipinski definition) is 5. The molecular weight excluding hydrogens is 284 g/mol. The second kappa shape index (κ2) is 6.63. The van der Waals surface area contributed by atoms with Gasteiger partial charge in [-0.15, -0.1) is 11.3 Å². The largest absolute Gasteiger partial charge is 0.492 e. The van der Waals surface area contributed by atoms with Crippen molar-refractivity contribution in [1.29, 1.82) is 0 Å². The first kappa shape index (κ1) is 15.4. The molecule has 0 aliphatic rings. The quantitative estimate of drug-likeness (QED) is 0.798. The Bertz CT molecular complexity index is 623. The number of carbonyl (C=O) groups excluding carboxylic acids is 1. The van der Waals surface area contributed by atoms with Gasteiger partial charge in [0.1, 0.15) is 5.00 Å². The Labute approximate surface area is 128 Å². The number of nitrogens with two attached hydrogens (primary N) is 1. The van der Waals surface area contributed by atoms with Gasteiger partial charge >= 0.3 is 0 Å². The van der Waals surface area contributed by atoms with Crippen LogP contribution in [0.3, 0.4) is 0 Å². The highest BCUT2D eigenvalue weighted by Gasteiger charge is 2.19. The van der Waals surface area contributed by atoms with E-state index in [9.17, 15) is 4.79 Å². The number of methoxy groups -OCH3 is 1. The first-order valence-electron chi connectivity index (χ1n) is 6.80. The molecule has 1 aromatic heterocycles. The maximum atomic E-state index is 11.6. The van der Waals surface area contributed by atoms with E-state index in [2.05, 4.69) is 24.4 Å². The number of hydrogen-bond donors (Lipinski definition) is 2. The zero-order valence-electron chi connectivity index (χ0n) is 12.5. The van der Waals surface area contributed by atoms with E-state index >= 15 is 0 Å². The maximum absolute atomic E-state index is 11.6. The Morgan fingerprint density at radius 1 is 1.38 bits per heavy atom. The molecule has 0 amide bonds. The van der Waals surface area contributed by atoms with E-state index in [0.717, 1.165) is 11.5 Å². The van der Waals surface area contributed by atoms with Gasteiger partial charge in [-0.1, -0.05) is 37.3 Å². The molecule has 0 fully saturated rings. The minimum atomic E-state index is -0.0417. The van der Waals surface area contributed by atoms with Crippen LogP contribution >= 0.6 is 11.3 Å². The topological polar surface area (TPSA) is 64.3 Å². The van der Waals surface area contributed by atoms with Crippen LogP contribution in [0.5, 0.6) is 5.75 Å². The number of benzene rings is 1. The number of Topliss-reactive ketones (excluding diaryl/α,β-unsaturated/α-hetero) is 1. The van der Waals surface area contributed by atoms with Crippen molar-refractivity contribution in [2.24, 2.45) is 0 Å². The fourth-order valence-electron chi connectivity index (χ4n) is 2.15. The highest BCUT2D eigenvalue weighted by Crippen LogP contribution is 2.42. The van der Waals surface area contributed by atoms with Crippen LogP contribution in [0.25, 0.3) is 0 Å². The van der Waals surface area contributed by atoms with Crippen molar-refractivity contribution in [3.8, 4) is 5.75 Å². The summed E-state index contributed by atoms with van der Waals surface area (Å²) in [5.74, 6) is 0.866. The molecule has 0 saturated carbocycles. The number of nitrogens with one attached hydrogen (secondary N) is 1. The molecule has 0 saturated heterocycles. The number of nitrogen functional groups attached to an aromatic ring is 1. The molecule has 1 atom stereocenters. The Morgan fingerprint density at radius 2 is 2.05 bits per heavy atom. The lowest BCUT2D eigenvalue weighted by Gasteiger charge is -2.13. The number of ketones is 1. The monoisotopic (exact) mass is 304 g/mol. The molecule has 2 rings (SSSR count). The number of rotatable bonds is 6. The highest BCUT2D eigenvalue weighted by molar-refractivity contribution is 7.19. The van der Waals surface area contributed by atoms with Gasteiger partial charge in [0.2, 0.25) is 0 Å². The summed E-state index contributed by atoms with van der Waals surface area (Å²) in [5.41, 5.74) is 7.64. The Balaban J connectivity index is 2.13. The summed E-state index contributed by atoms with van der Waals surface area (Å²) in [5, 5.41) is 4.15. The van der Waals surface area contributed by atoms with Crippen LogP contribution in [0.4, 0.5) is 10.7 Å². The first-order valence-corrected chi connectivity index (χ1v) is 7.62. The van der Waals surface area contributed by atoms with E-state index in [1.807, 2.05) is 18.2 Å². The van der Waals surface area contributed by atoms with Crippen LogP contribution in [0.2, 0.25) is 0 Å². The SMILES string of the molecule is COc1c(NCC(C)c2ccccc2)sc(C(C)=O)c1N. The number of anilines is 2. The molecule has 0 aliphatic carbocycles. The van der Waals surface area contributed by atoms with Gasteiger partial charge in [0, 0.05) is 13.5 Å². The summed E-state index contributed by atoms with van der Waals surface area (Å²) in [7, 11) is 1.56. The highest BCUT2D eigenvalue weighted by atomic mass is 32.1. The van der Waals surface area contributed by atoms with E-state index in [1.54, 1.807) is 7.11 Å². The zero-order valence-corrected chi connectivity index (χ0v) is 13.3. The minimum Gasteiger partial charge on any atom is -0.492 e. The molecule has 0 aliphatic heterocycles. The summed E-state index contributed by atoms with van der Waals surface area (Å²) in [6.45, 7) is 4.41. The van der Waals surface area contributed by atoms with Gasteiger partial charge in [0.15, 0.2) is 11.5 Å². The molecule has 1 heterocycles. The summed E-state index contributed by atoms with van der Waals surface area (Å²) in [6.07, 6.45) is 0. The second-order valence-electron chi connectivity index (χ2n) is 4.96. The average Bonchev–Trinajstić information content (AvgIpc) is 2.81. The smallest absolute Gasteiger partial charge is 0.176 e. The molecule has 4 nitrogen and oxygen atoms in total. The van der Waals surface area contributed by atoms with Gasteiger partial charge in [0.25, 0.3) is 0 Å². The van der Waals surface area contributed by atoms with Crippen molar-refractivity contribution < 1.29 is 9.53 Å². The third-order valence-corrected chi connectivity index (χ3v) is 4.61. The molecule has 1 aromatic carbocycles. The number of thiophene rings is 1. The third-order valence-electron chi connectivity index (χ3n) is 3.36. The summed E-state index contributed by atoms with van der Waals surface area (Å²) < 4.78 is 5.32. The minimum absolute atomic E-state index is 0.0417. The van der Waals surface area contributed by atoms with Crippen LogP contribution < -0.4 is 15.8 Å². The summed E-state index contributed by atoms with van der Waals surface area (Å²) >= 11 is 1.35. The lowest BCUT2D eigenvalue weighted by Crippen LogP contribution is -2.09. The zero-order chi connectivity index (χ0) is 15.4. The van der Waals surface area contributed by atoms with Crippen molar-refractivity contribution >= 4 is 27.8 Å². The molecule has 21 heavy (non-hydrogen) atoms. The van der Waals surface area contributed by atoms with Gasteiger partial charge in [-0.25, -0.2) is 0 Å². The van der Waals surface area contributed by atoms with Gasteiger partial charge in [-0.3, -0.25) is 4.79 Å². The lowest BCUT2D eigenvalue weighted by molar-refractivity contribution is 0.102. The van der Waals surface area contributed by atoms with E-state index < -0.39 is 0 Å².